The van der Waals surface area contributed by atoms with Crippen LogP contribution in [0.3, 0.4) is 0 Å². The number of benzene rings is 1. The van der Waals surface area contributed by atoms with Crippen molar-refractivity contribution in [3.63, 3.8) is 0 Å². The lowest BCUT2D eigenvalue weighted by Crippen LogP contribution is -2.68. The Labute approximate surface area is 77.9 Å². The molecule has 0 saturated heterocycles. The molecule has 0 aliphatic carbocycles. The van der Waals surface area contributed by atoms with Crippen LogP contribution in [-0.2, 0) is 11.2 Å². The van der Waals surface area contributed by atoms with Gasteiger partial charge in [0, 0.05) is 13.5 Å². The SMILES string of the molecule is CNC(=O)[C@H]([NH3+])Cc1ccccc1. The van der Waals surface area contributed by atoms with Crippen LogP contribution in [0.4, 0.5) is 0 Å². The smallest absolute Gasteiger partial charge is 0.278 e. The van der Waals surface area contributed by atoms with Crippen molar-refractivity contribution < 1.29 is 10.5 Å². The van der Waals surface area contributed by atoms with E-state index in [1.807, 2.05) is 30.3 Å². The Kier molecular flexibility index (Phi) is 3.46. The van der Waals surface area contributed by atoms with Gasteiger partial charge in [-0.25, -0.2) is 0 Å². The third-order valence-electron chi connectivity index (χ3n) is 1.94. The summed E-state index contributed by atoms with van der Waals surface area (Å²) in [6.07, 6.45) is 0.695. The number of amides is 1. The summed E-state index contributed by atoms with van der Waals surface area (Å²) >= 11 is 0. The maximum atomic E-state index is 11.1. The van der Waals surface area contributed by atoms with Gasteiger partial charge in [0.25, 0.3) is 5.91 Å². The first kappa shape index (κ1) is 9.74. The average Bonchev–Trinajstić information content (AvgIpc) is 2.18. The number of likely N-dealkylation sites (N-methyl/N-ethyl adjacent to an activating group) is 1. The van der Waals surface area contributed by atoms with E-state index in [0.717, 1.165) is 5.56 Å². The zero-order valence-electron chi connectivity index (χ0n) is 7.79. The van der Waals surface area contributed by atoms with Crippen LogP contribution in [0.1, 0.15) is 5.56 Å². The van der Waals surface area contributed by atoms with Gasteiger partial charge in [0.2, 0.25) is 0 Å². The van der Waals surface area contributed by atoms with Crippen LogP contribution in [0.2, 0.25) is 0 Å². The Hall–Kier alpha value is -1.35. The minimum Gasteiger partial charge on any atom is -0.354 e. The van der Waals surface area contributed by atoms with Crippen molar-refractivity contribution in [2.45, 2.75) is 12.5 Å². The third-order valence-corrected chi connectivity index (χ3v) is 1.94. The summed E-state index contributed by atoms with van der Waals surface area (Å²) in [6.45, 7) is 0. The molecule has 1 atom stereocenters. The van der Waals surface area contributed by atoms with Gasteiger partial charge in [-0.05, 0) is 5.56 Å². The van der Waals surface area contributed by atoms with Gasteiger partial charge in [-0.2, -0.15) is 0 Å². The Morgan fingerprint density at radius 1 is 1.46 bits per heavy atom. The van der Waals surface area contributed by atoms with Gasteiger partial charge < -0.3 is 11.1 Å². The topological polar surface area (TPSA) is 56.7 Å². The molecule has 0 aliphatic rings. The lowest BCUT2D eigenvalue weighted by Gasteiger charge is -2.06. The van der Waals surface area contributed by atoms with Gasteiger partial charge in [-0.1, -0.05) is 30.3 Å². The molecular formula is C10H15N2O+. The van der Waals surface area contributed by atoms with Crippen molar-refractivity contribution in [2.24, 2.45) is 0 Å². The van der Waals surface area contributed by atoms with Crippen molar-refractivity contribution in [3.8, 4) is 0 Å². The normalized spacial score (nSPS) is 12.2. The molecule has 3 heteroatoms. The fourth-order valence-corrected chi connectivity index (χ4v) is 1.20. The lowest BCUT2D eigenvalue weighted by atomic mass is 10.1. The molecule has 1 amide bonds. The first-order valence-corrected chi connectivity index (χ1v) is 4.32. The molecule has 0 bridgehead atoms. The van der Waals surface area contributed by atoms with Crippen LogP contribution in [-0.4, -0.2) is 19.0 Å². The minimum atomic E-state index is -0.201. The van der Waals surface area contributed by atoms with Gasteiger partial charge in [-0.15, -0.1) is 0 Å². The van der Waals surface area contributed by atoms with Crippen LogP contribution in [0.25, 0.3) is 0 Å². The second kappa shape index (κ2) is 4.62. The van der Waals surface area contributed by atoms with E-state index in [-0.39, 0.29) is 11.9 Å². The fraction of sp³-hybridized carbons (Fsp3) is 0.300. The molecule has 0 spiro atoms. The summed E-state index contributed by atoms with van der Waals surface area (Å²) in [5.74, 6) is -0.0103. The molecule has 0 radical (unpaired) electrons. The zero-order valence-corrected chi connectivity index (χ0v) is 7.79. The molecule has 13 heavy (non-hydrogen) atoms. The molecule has 1 rings (SSSR count). The highest BCUT2D eigenvalue weighted by Gasteiger charge is 2.15. The number of hydrogen-bond donors (Lipinski definition) is 2. The predicted octanol–water partition coefficient (Wildman–Crippen LogP) is -0.414. The van der Waals surface area contributed by atoms with E-state index in [0.29, 0.717) is 6.42 Å². The van der Waals surface area contributed by atoms with E-state index in [2.05, 4.69) is 11.1 Å². The number of quaternary nitrogens is 1. The summed E-state index contributed by atoms with van der Waals surface area (Å²) in [5.41, 5.74) is 4.94. The van der Waals surface area contributed by atoms with Crippen molar-refractivity contribution in [2.75, 3.05) is 7.05 Å². The van der Waals surface area contributed by atoms with E-state index in [1.165, 1.54) is 0 Å². The van der Waals surface area contributed by atoms with E-state index in [4.69, 9.17) is 0 Å². The monoisotopic (exact) mass is 179 g/mol. The number of rotatable bonds is 3. The van der Waals surface area contributed by atoms with Gasteiger partial charge in [-0.3, -0.25) is 4.79 Å². The minimum absolute atomic E-state index is 0.0103. The molecule has 0 aromatic heterocycles. The first-order chi connectivity index (χ1) is 6.24. The number of carbonyl (C=O) groups excluding carboxylic acids is 1. The standard InChI is InChI=1S/C10H14N2O/c1-12-10(13)9(11)7-8-5-3-2-4-6-8/h2-6,9H,7,11H2,1H3,(H,12,13)/p+1/t9-/m1/s1. The Morgan fingerprint density at radius 3 is 2.62 bits per heavy atom. The van der Waals surface area contributed by atoms with Gasteiger partial charge >= 0.3 is 0 Å². The molecule has 0 heterocycles. The highest BCUT2D eigenvalue weighted by molar-refractivity contribution is 5.80. The van der Waals surface area contributed by atoms with Crippen LogP contribution in [0.5, 0.6) is 0 Å². The quantitative estimate of drug-likeness (QED) is 0.651. The molecular weight excluding hydrogens is 164 g/mol. The van der Waals surface area contributed by atoms with Gasteiger partial charge in [0.1, 0.15) is 0 Å². The highest BCUT2D eigenvalue weighted by atomic mass is 16.2. The summed E-state index contributed by atoms with van der Waals surface area (Å²) in [4.78, 5) is 11.1. The molecule has 0 unspecified atom stereocenters. The zero-order chi connectivity index (χ0) is 9.68. The number of carbonyl (C=O) groups is 1. The Bertz CT molecular complexity index is 272. The van der Waals surface area contributed by atoms with Gasteiger partial charge in [0.05, 0.1) is 0 Å². The van der Waals surface area contributed by atoms with Crippen molar-refractivity contribution in [1.29, 1.82) is 0 Å². The Morgan fingerprint density at radius 2 is 2.08 bits per heavy atom. The van der Waals surface area contributed by atoms with E-state index >= 15 is 0 Å². The molecule has 0 fully saturated rings. The maximum Gasteiger partial charge on any atom is 0.278 e. The molecule has 0 saturated carbocycles. The van der Waals surface area contributed by atoms with Crippen LogP contribution < -0.4 is 11.1 Å². The molecule has 1 aromatic carbocycles. The third kappa shape index (κ3) is 2.87. The summed E-state index contributed by atoms with van der Waals surface area (Å²) in [7, 11) is 1.63. The number of hydrogen-bond acceptors (Lipinski definition) is 1. The summed E-state index contributed by atoms with van der Waals surface area (Å²) < 4.78 is 0. The predicted molar refractivity (Wildman–Crippen MR) is 50.9 cm³/mol. The van der Waals surface area contributed by atoms with Crippen LogP contribution >= 0.6 is 0 Å². The second-order valence-corrected chi connectivity index (χ2v) is 3.00. The van der Waals surface area contributed by atoms with Crippen LogP contribution in [0.15, 0.2) is 30.3 Å². The molecule has 1 aromatic rings. The van der Waals surface area contributed by atoms with Crippen molar-refractivity contribution >= 4 is 5.91 Å². The number of nitrogens with one attached hydrogen (secondary N) is 1. The first-order valence-electron chi connectivity index (χ1n) is 4.32. The van der Waals surface area contributed by atoms with E-state index in [9.17, 15) is 4.79 Å². The van der Waals surface area contributed by atoms with E-state index < -0.39 is 0 Å². The molecule has 3 nitrogen and oxygen atoms in total. The molecule has 0 aliphatic heterocycles. The van der Waals surface area contributed by atoms with E-state index in [1.54, 1.807) is 7.05 Å². The Balaban J connectivity index is 2.55. The largest absolute Gasteiger partial charge is 0.354 e. The summed E-state index contributed by atoms with van der Waals surface area (Å²) in [6, 6.07) is 9.69. The van der Waals surface area contributed by atoms with Crippen LogP contribution in [0, 0.1) is 0 Å². The van der Waals surface area contributed by atoms with Crippen molar-refractivity contribution in [3.05, 3.63) is 35.9 Å². The maximum absolute atomic E-state index is 11.1. The molecule has 70 valence electrons. The lowest BCUT2D eigenvalue weighted by molar-refractivity contribution is -0.403. The fourth-order valence-electron chi connectivity index (χ4n) is 1.20. The van der Waals surface area contributed by atoms with Gasteiger partial charge in [0.15, 0.2) is 6.04 Å². The highest BCUT2D eigenvalue weighted by Crippen LogP contribution is 2.00. The second-order valence-electron chi connectivity index (χ2n) is 3.00. The van der Waals surface area contributed by atoms with Crippen molar-refractivity contribution in [1.82, 2.24) is 5.32 Å². The summed E-state index contributed by atoms with van der Waals surface area (Å²) in [5, 5.41) is 2.58. The average molecular weight is 179 g/mol. The molecule has 4 N–H and O–H groups in total.